The molecule has 0 bridgehead atoms. The van der Waals surface area contributed by atoms with Gasteiger partial charge in [0.2, 0.25) is 0 Å². The fourth-order valence-electron chi connectivity index (χ4n) is 1.18. The van der Waals surface area contributed by atoms with E-state index in [0.717, 1.165) is 0 Å². The first-order valence-corrected chi connectivity index (χ1v) is 4.47. The highest BCUT2D eigenvalue weighted by Crippen LogP contribution is 2.22. The van der Waals surface area contributed by atoms with Crippen molar-refractivity contribution >= 4 is 22.9 Å². The summed E-state index contributed by atoms with van der Waals surface area (Å²) in [5.74, 6) is 0. The quantitative estimate of drug-likeness (QED) is 0.546. The molecule has 0 unspecified atom stereocenters. The van der Waals surface area contributed by atoms with Gasteiger partial charge in [-0.25, -0.2) is 0 Å². The lowest BCUT2D eigenvalue weighted by atomic mass is 9.98. The maximum atomic E-state index is 3.20. The summed E-state index contributed by atoms with van der Waals surface area (Å²) in [6.07, 6.45) is 5.30. The van der Waals surface area contributed by atoms with Crippen LogP contribution in [0.25, 0.3) is 0 Å². The summed E-state index contributed by atoms with van der Waals surface area (Å²) in [4.78, 5) is 0. The molecule has 1 rings (SSSR count). The lowest BCUT2D eigenvalue weighted by molar-refractivity contribution is 0.661. The van der Waals surface area contributed by atoms with Gasteiger partial charge in [-0.3, -0.25) is 0 Å². The van der Waals surface area contributed by atoms with Crippen LogP contribution in [0, 0.1) is 0 Å². The molecular weight excluding hydrogens is 225 g/mol. The summed E-state index contributed by atoms with van der Waals surface area (Å²) >= 11 is 2.21. The molecule has 0 saturated heterocycles. The lowest BCUT2D eigenvalue weighted by Gasteiger charge is -2.15. The zero-order valence-corrected chi connectivity index (χ0v) is 7.86. The van der Waals surface area contributed by atoms with Gasteiger partial charge >= 0.3 is 0 Å². The molecule has 0 radical (unpaired) electrons. The van der Waals surface area contributed by atoms with Crippen molar-refractivity contribution in [2.75, 3.05) is 0 Å². The molecule has 52 valence electrons. The highest BCUT2D eigenvalue weighted by molar-refractivity contribution is 14.1. The van der Waals surface area contributed by atoms with E-state index < -0.39 is 0 Å². The summed E-state index contributed by atoms with van der Waals surface area (Å²) in [6, 6.07) is 0. The van der Waals surface area contributed by atoms with Gasteiger partial charge in [0.15, 0.2) is 0 Å². The minimum absolute atomic E-state index is 1.26. The molecule has 1 nitrogen and oxygen atoms in total. The molecule has 1 N–H and O–H groups in total. The van der Waals surface area contributed by atoms with Crippen molar-refractivity contribution < 1.29 is 0 Å². The summed E-state index contributed by atoms with van der Waals surface area (Å²) < 4.78 is 3.20. The first-order valence-electron chi connectivity index (χ1n) is 3.40. The van der Waals surface area contributed by atoms with Crippen LogP contribution in [-0.2, 0) is 0 Å². The van der Waals surface area contributed by atoms with E-state index in [1.807, 2.05) is 0 Å². The van der Waals surface area contributed by atoms with Crippen molar-refractivity contribution in [2.24, 2.45) is 0 Å². The van der Waals surface area contributed by atoms with Crippen LogP contribution in [0.1, 0.15) is 32.6 Å². The number of rotatable bonds is 1. The van der Waals surface area contributed by atoms with Crippen molar-refractivity contribution in [3.63, 3.8) is 0 Å². The summed E-state index contributed by atoms with van der Waals surface area (Å²) in [5, 5.41) is 0. The van der Waals surface area contributed by atoms with Crippen molar-refractivity contribution in [1.29, 1.82) is 0 Å². The Kier molecular flexibility index (Phi) is 2.82. The van der Waals surface area contributed by atoms with Gasteiger partial charge < -0.3 is 3.53 Å². The van der Waals surface area contributed by atoms with E-state index in [-0.39, 0.29) is 0 Å². The number of nitrogens with one attached hydrogen (secondary N) is 1. The minimum atomic E-state index is 1.26. The van der Waals surface area contributed by atoms with Crippen molar-refractivity contribution in [3.05, 3.63) is 11.3 Å². The van der Waals surface area contributed by atoms with Gasteiger partial charge in [0, 0.05) is 5.70 Å². The third kappa shape index (κ3) is 1.85. The second-order valence-corrected chi connectivity index (χ2v) is 3.10. The maximum Gasteiger partial charge on any atom is 0.0557 e. The molecule has 2 heteroatoms. The molecule has 0 aromatic heterocycles. The van der Waals surface area contributed by atoms with Crippen LogP contribution in [-0.4, -0.2) is 0 Å². The fourth-order valence-corrected chi connectivity index (χ4v) is 1.91. The highest BCUT2D eigenvalue weighted by atomic mass is 127. The van der Waals surface area contributed by atoms with Gasteiger partial charge in [0.1, 0.15) is 0 Å². The van der Waals surface area contributed by atoms with Crippen LogP contribution in [0.5, 0.6) is 0 Å². The van der Waals surface area contributed by atoms with Gasteiger partial charge in [0.25, 0.3) is 0 Å². The van der Waals surface area contributed by atoms with E-state index in [4.69, 9.17) is 0 Å². The standard InChI is InChI=1S/C7H12IN/c1-6-4-2-3-5-7(6)9-8/h9H,2-5H2,1H3. The molecule has 9 heavy (non-hydrogen) atoms. The normalized spacial score (nSPS) is 20.2. The van der Waals surface area contributed by atoms with Gasteiger partial charge in [-0.05, 0) is 32.6 Å². The third-order valence-corrected chi connectivity index (χ3v) is 2.51. The first kappa shape index (κ1) is 7.38. The average molecular weight is 237 g/mol. The number of hydrogen-bond donors (Lipinski definition) is 1. The van der Waals surface area contributed by atoms with Crippen molar-refractivity contribution in [3.8, 4) is 0 Å². The first-order chi connectivity index (χ1) is 4.34. The minimum Gasteiger partial charge on any atom is -0.332 e. The van der Waals surface area contributed by atoms with E-state index >= 15 is 0 Å². The van der Waals surface area contributed by atoms with Crippen LogP contribution in [0.2, 0.25) is 0 Å². The molecular formula is C7H12IN. The topological polar surface area (TPSA) is 12.0 Å². The summed E-state index contributed by atoms with van der Waals surface area (Å²) in [6.45, 7) is 2.22. The molecule has 0 fully saturated rings. The Morgan fingerprint density at radius 1 is 1.33 bits per heavy atom. The Morgan fingerprint density at radius 3 is 2.44 bits per heavy atom. The molecule has 0 atom stereocenters. The summed E-state index contributed by atoms with van der Waals surface area (Å²) in [5.41, 5.74) is 3.01. The monoisotopic (exact) mass is 237 g/mol. The molecule has 1 aliphatic rings. The molecule has 0 aromatic rings. The molecule has 1 aliphatic carbocycles. The van der Waals surface area contributed by atoms with Crippen molar-refractivity contribution in [1.82, 2.24) is 3.53 Å². The van der Waals surface area contributed by atoms with Gasteiger partial charge in [-0.15, -0.1) is 0 Å². The van der Waals surface area contributed by atoms with Crippen LogP contribution < -0.4 is 3.53 Å². The maximum absolute atomic E-state index is 3.20. The lowest BCUT2D eigenvalue weighted by Crippen LogP contribution is -2.05. The fraction of sp³-hybridized carbons (Fsp3) is 0.714. The molecule has 0 spiro atoms. The Morgan fingerprint density at radius 2 is 2.00 bits per heavy atom. The molecule has 0 aromatic carbocycles. The smallest absolute Gasteiger partial charge is 0.0557 e. The number of halogens is 1. The number of hydrogen-bond acceptors (Lipinski definition) is 1. The second-order valence-electron chi connectivity index (χ2n) is 2.56. The van der Waals surface area contributed by atoms with E-state index in [0.29, 0.717) is 0 Å². The predicted molar refractivity (Wildman–Crippen MR) is 48.3 cm³/mol. The van der Waals surface area contributed by atoms with Crippen LogP contribution in [0.4, 0.5) is 0 Å². The number of allylic oxidation sites excluding steroid dienone is 2. The molecule has 0 saturated carbocycles. The Hall–Kier alpha value is 0.270. The molecule has 0 heterocycles. The van der Waals surface area contributed by atoms with E-state index in [1.165, 1.54) is 31.4 Å². The van der Waals surface area contributed by atoms with Crippen molar-refractivity contribution in [2.45, 2.75) is 32.6 Å². The van der Waals surface area contributed by atoms with Crippen LogP contribution >= 0.6 is 22.9 Å². The Labute approximate surface area is 70.4 Å². The van der Waals surface area contributed by atoms with Crippen LogP contribution in [0.3, 0.4) is 0 Å². The Balaban J connectivity index is 2.59. The SMILES string of the molecule is CC1=C(NI)CCCC1. The Bertz CT molecular complexity index is 129. The van der Waals surface area contributed by atoms with E-state index in [1.54, 1.807) is 5.57 Å². The molecule has 0 aliphatic heterocycles. The van der Waals surface area contributed by atoms with Gasteiger partial charge in [0.05, 0.1) is 22.9 Å². The van der Waals surface area contributed by atoms with Gasteiger partial charge in [-0.2, -0.15) is 0 Å². The van der Waals surface area contributed by atoms with E-state index in [2.05, 4.69) is 33.3 Å². The summed E-state index contributed by atoms with van der Waals surface area (Å²) in [7, 11) is 0. The largest absolute Gasteiger partial charge is 0.332 e. The predicted octanol–water partition coefficient (Wildman–Crippen LogP) is 2.77. The molecule has 0 amide bonds. The second kappa shape index (κ2) is 3.44. The zero-order valence-electron chi connectivity index (χ0n) is 5.71. The zero-order chi connectivity index (χ0) is 6.69. The average Bonchev–Trinajstić information content (AvgIpc) is 1.89. The van der Waals surface area contributed by atoms with Gasteiger partial charge in [-0.1, -0.05) is 5.57 Å². The van der Waals surface area contributed by atoms with E-state index in [9.17, 15) is 0 Å². The highest BCUT2D eigenvalue weighted by Gasteiger charge is 2.06. The van der Waals surface area contributed by atoms with Crippen LogP contribution in [0.15, 0.2) is 11.3 Å². The third-order valence-electron chi connectivity index (χ3n) is 1.86.